The molecule has 0 unspecified atom stereocenters. The number of guanidine groups is 1. The van der Waals surface area contributed by atoms with Crippen LogP contribution in [0.4, 0.5) is 0 Å². The molecule has 2 N–H and O–H groups in total. The van der Waals surface area contributed by atoms with Gasteiger partial charge in [0.2, 0.25) is 0 Å². The lowest BCUT2D eigenvalue weighted by Crippen LogP contribution is -2.42. The van der Waals surface area contributed by atoms with E-state index in [1.807, 2.05) is 18.2 Å². The molecule has 0 radical (unpaired) electrons. The molecule has 1 aromatic heterocycles. The first-order valence-corrected chi connectivity index (χ1v) is 11.3. The summed E-state index contributed by atoms with van der Waals surface area (Å²) >= 11 is 1.73. The van der Waals surface area contributed by atoms with E-state index in [4.69, 9.17) is 9.47 Å². The third kappa shape index (κ3) is 7.80. The average molecular weight is 560 g/mol. The van der Waals surface area contributed by atoms with Crippen LogP contribution in [-0.2, 0) is 13.1 Å². The van der Waals surface area contributed by atoms with Gasteiger partial charge in [-0.15, -0.1) is 35.3 Å². The van der Waals surface area contributed by atoms with E-state index in [1.54, 1.807) is 32.6 Å². The first-order valence-electron chi connectivity index (χ1n) is 10.4. The van der Waals surface area contributed by atoms with Crippen molar-refractivity contribution in [3.05, 3.63) is 39.8 Å². The van der Waals surface area contributed by atoms with E-state index in [0.717, 1.165) is 54.2 Å². The van der Waals surface area contributed by atoms with Crippen molar-refractivity contribution in [1.82, 2.24) is 20.5 Å². The van der Waals surface area contributed by atoms with Crippen LogP contribution in [-0.4, -0.2) is 56.7 Å². The minimum absolute atomic E-state index is 0. The minimum Gasteiger partial charge on any atom is -0.497 e. The van der Waals surface area contributed by atoms with Gasteiger partial charge in [-0.1, -0.05) is 0 Å². The van der Waals surface area contributed by atoms with Gasteiger partial charge < -0.3 is 20.1 Å². The number of methoxy groups -OCH3 is 2. The number of nitrogens with zero attached hydrogens (tertiary/aromatic N) is 3. The van der Waals surface area contributed by atoms with Crippen molar-refractivity contribution in [1.29, 1.82) is 0 Å². The second-order valence-corrected chi connectivity index (χ2v) is 8.62. The second kappa shape index (κ2) is 13.1. The predicted molar refractivity (Wildman–Crippen MR) is 138 cm³/mol. The molecule has 1 aliphatic rings. The number of thiazole rings is 1. The highest BCUT2D eigenvalue weighted by Crippen LogP contribution is 2.24. The number of halogens is 1. The molecule has 0 amide bonds. The van der Waals surface area contributed by atoms with Gasteiger partial charge in [-0.2, -0.15) is 0 Å². The van der Waals surface area contributed by atoms with Crippen LogP contribution in [0.25, 0.3) is 0 Å². The topological polar surface area (TPSA) is 71.0 Å². The van der Waals surface area contributed by atoms with Crippen molar-refractivity contribution < 1.29 is 9.47 Å². The Kier molecular flexibility index (Phi) is 10.8. The fourth-order valence-electron chi connectivity index (χ4n) is 3.70. The van der Waals surface area contributed by atoms with Gasteiger partial charge >= 0.3 is 0 Å². The lowest BCUT2D eigenvalue weighted by Gasteiger charge is -2.31. The van der Waals surface area contributed by atoms with Crippen LogP contribution in [0.15, 0.2) is 28.6 Å². The summed E-state index contributed by atoms with van der Waals surface area (Å²) in [6.45, 7) is 6.85. The van der Waals surface area contributed by atoms with Crippen molar-refractivity contribution in [2.45, 2.75) is 32.9 Å². The first-order chi connectivity index (χ1) is 14.6. The molecule has 0 aliphatic carbocycles. The standard InChI is InChI=1S/C22H33N5O2S.HI/c1-16-26-19(15-30-16)14-27-9-7-17(8-10-27)12-24-22(23-2)25-13-18-5-6-20(28-3)11-21(18)29-4;/h5-6,11,15,17H,7-10,12-14H2,1-4H3,(H2,23,24,25);1H. The largest absolute Gasteiger partial charge is 0.497 e. The number of aliphatic imine (C=N–C) groups is 1. The predicted octanol–water partition coefficient (Wildman–Crippen LogP) is 3.66. The molecule has 2 heterocycles. The van der Waals surface area contributed by atoms with Crippen LogP contribution in [0.2, 0.25) is 0 Å². The van der Waals surface area contributed by atoms with E-state index >= 15 is 0 Å². The van der Waals surface area contributed by atoms with E-state index in [1.165, 1.54) is 18.5 Å². The molecule has 9 heteroatoms. The first kappa shape index (κ1) is 25.7. The lowest BCUT2D eigenvalue weighted by atomic mass is 9.97. The molecular formula is C22H34IN5O2S. The van der Waals surface area contributed by atoms with Crippen LogP contribution in [0, 0.1) is 12.8 Å². The van der Waals surface area contributed by atoms with Gasteiger partial charge in [0.15, 0.2) is 5.96 Å². The fourth-order valence-corrected chi connectivity index (χ4v) is 4.30. The van der Waals surface area contributed by atoms with Crippen LogP contribution < -0.4 is 20.1 Å². The number of ether oxygens (including phenoxy) is 2. The number of aromatic nitrogens is 1. The molecule has 3 rings (SSSR count). The zero-order valence-electron chi connectivity index (χ0n) is 18.8. The van der Waals surface area contributed by atoms with Crippen molar-refractivity contribution in [3.8, 4) is 11.5 Å². The lowest BCUT2D eigenvalue weighted by molar-refractivity contribution is 0.176. The second-order valence-electron chi connectivity index (χ2n) is 7.56. The van der Waals surface area contributed by atoms with Crippen molar-refractivity contribution in [2.24, 2.45) is 10.9 Å². The van der Waals surface area contributed by atoms with Crippen LogP contribution in [0.3, 0.4) is 0 Å². The molecule has 2 aromatic rings. The summed E-state index contributed by atoms with van der Waals surface area (Å²) in [4.78, 5) is 11.5. The van der Waals surface area contributed by atoms with Gasteiger partial charge in [-0.25, -0.2) is 4.98 Å². The van der Waals surface area contributed by atoms with Crippen molar-refractivity contribution in [2.75, 3.05) is 40.9 Å². The van der Waals surface area contributed by atoms with Gasteiger partial charge in [0.1, 0.15) is 11.5 Å². The Morgan fingerprint density at radius 2 is 2.00 bits per heavy atom. The number of rotatable bonds is 8. The molecule has 172 valence electrons. The Morgan fingerprint density at radius 1 is 1.23 bits per heavy atom. The molecule has 1 aromatic carbocycles. The van der Waals surface area contributed by atoms with Gasteiger partial charge in [0.25, 0.3) is 0 Å². The SMILES string of the molecule is CN=C(NCc1ccc(OC)cc1OC)NCC1CCN(Cc2csc(C)n2)CC1.I. The number of likely N-dealkylation sites (tertiary alicyclic amines) is 1. The smallest absolute Gasteiger partial charge is 0.191 e. The van der Waals surface area contributed by atoms with E-state index in [9.17, 15) is 0 Å². The highest BCUT2D eigenvalue weighted by Gasteiger charge is 2.20. The Balaban J connectivity index is 0.00000341. The van der Waals surface area contributed by atoms with Crippen molar-refractivity contribution >= 4 is 41.3 Å². The highest BCUT2D eigenvalue weighted by molar-refractivity contribution is 14.0. The summed E-state index contributed by atoms with van der Waals surface area (Å²) in [5, 5.41) is 10.2. The average Bonchev–Trinajstić information content (AvgIpc) is 3.19. The van der Waals surface area contributed by atoms with E-state index < -0.39 is 0 Å². The quantitative estimate of drug-likeness (QED) is 0.292. The van der Waals surface area contributed by atoms with Crippen LogP contribution in [0.5, 0.6) is 11.5 Å². The highest BCUT2D eigenvalue weighted by atomic mass is 127. The Morgan fingerprint density at radius 3 is 2.61 bits per heavy atom. The summed E-state index contributed by atoms with van der Waals surface area (Å²) in [6.07, 6.45) is 2.39. The van der Waals surface area contributed by atoms with E-state index in [0.29, 0.717) is 12.5 Å². The minimum atomic E-state index is 0. The third-order valence-electron chi connectivity index (χ3n) is 5.48. The molecule has 7 nitrogen and oxygen atoms in total. The zero-order valence-corrected chi connectivity index (χ0v) is 22.0. The zero-order chi connectivity index (χ0) is 21.3. The van der Waals surface area contributed by atoms with Gasteiger partial charge in [0.05, 0.1) is 24.9 Å². The summed E-state index contributed by atoms with van der Waals surface area (Å²) in [5.41, 5.74) is 2.26. The maximum atomic E-state index is 5.47. The van der Waals surface area contributed by atoms with Crippen LogP contribution in [0.1, 0.15) is 29.1 Å². The molecular weight excluding hydrogens is 525 g/mol. The van der Waals surface area contributed by atoms with Gasteiger partial charge in [-0.3, -0.25) is 9.89 Å². The molecule has 1 saturated heterocycles. The monoisotopic (exact) mass is 559 g/mol. The van der Waals surface area contributed by atoms with Crippen molar-refractivity contribution in [3.63, 3.8) is 0 Å². The Labute approximate surface area is 206 Å². The molecule has 0 bridgehead atoms. The molecule has 31 heavy (non-hydrogen) atoms. The number of hydrogen-bond acceptors (Lipinski definition) is 6. The summed E-state index contributed by atoms with van der Waals surface area (Å²) in [7, 11) is 5.13. The van der Waals surface area contributed by atoms with E-state index in [-0.39, 0.29) is 24.0 Å². The maximum absolute atomic E-state index is 5.47. The Hall–Kier alpha value is -1.59. The number of aryl methyl sites for hydroxylation is 1. The normalized spacial score (nSPS) is 15.3. The number of benzene rings is 1. The van der Waals surface area contributed by atoms with Gasteiger partial charge in [0, 0.05) is 43.7 Å². The molecule has 0 atom stereocenters. The number of piperidine rings is 1. The molecule has 1 fully saturated rings. The molecule has 1 aliphatic heterocycles. The summed E-state index contributed by atoms with van der Waals surface area (Å²) in [6, 6.07) is 5.85. The summed E-state index contributed by atoms with van der Waals surface area (Å²) < 4.78 is 10.7. The molecule has 0 spiro atoms. The summed E-state index contributed by atoms with van der Waals surface area (Å²) in [5.74, 6) is 3.06. The molecule has 0 saturated carbocycles. The Bertz CT molecular complexity index is 837. The number of nitrogens with one attached hydrogen (secondary N) is 2. The van der Waals surface area contributed by atoms with Crippen LogP contribution >= 0.6 is 35.3 Å². The van der Waals surface area contributed by atoms with E-state index in [2.05, 4.69) is 37.8 Å². The third-order valence-corrected chi connectivity index (χ3v) is 6.30. The number of hydrogen-bond donors (Lipinski definition) is 2. The fraction of sp³-hybridized carbons (Fsp3) is 0.545. The maximum Gasteiger partial charge on any atom is 0.191 e. The van der Waals surface area contributed by atoms with Gasteiger partial charge in [-0.05, 0) is 50.9 Å².